The molecule has 5 nitrogen and oxygen atoms in total. The van der Waals surface area contributed by atoms with E-state index in [9.17, 15) is 4.79 Å². The van der Waals surface area contributed by atoms with Crippen LogP contribution in [-0.4, -0.2) is 36.3 Å². The number of carbonyl (C=O) groups excluding carboxylic acids is 1. The van der Waals surface area contributed by atoms with E-state index >= 15 is 0 Å². The van der Waals surface area contributed by atoms with Crippen molar-refractivity contribution < 1.29 is 14.4 Å². The number of hydroxylamine groups is 1. The van der Waals surface area contributed by atoms with Crippen LogP contribution < -0.4 is 5.48 Å². The normalized spacial score (nSPS) is 29.6. The van der Waals surface area contributed by atoms with Crippen molar-refractivity contribution in [1.82, 2.24) is 10.4 Å². The summed E-state index contributed by atoms with van der Waals surface area (Å²) in [5.41, 5.74) is 2.41. The van der Waals surface area contributed by atoms with Crippen molar-refractivity contribution in [3.8, 4) is 0 Å². The van der Waals surface area contributed by atoms with Crippen molar-refractivity contribution >= 4 is 17.4 Å². The number of carbonyl (C=O) groups is 1. The predicted molar refractivity (Wildman–Crippen MR) is 76.4 cm³/mol. The first-order valence-electron chi connectivity index (χ1n) is 6.82. The van der Waals surface area contributed by atoms with Gasteiger partial charge in [0.2, 0.25) is 0 Å². The summed E-state index contributed by atoms with van der Waals surface area (Å²) in [6.45, 7) is 7.54. The Kier molecular flexibility index (Phi) is 3.27. The summed E-state index contributed by atoms with van der Waals surface area (Å²) in [4.78, 5) is 20.7. The second-order valence-electron chi connectivity index (χ2n) is 6.42. The molecule has 2 atom stereocenters. The zero-order valence-electron chi connectivity index (χ0n) is 12.0. The number of rotatable bonds is 1. The zero-order valence-corrected chi connectivity index (χ0v) is 12.8. The Morgan fingerprint density at radius 1 is 1.60 bits per heavy atom. The highest BCUT2D eigenvalue weighted by atomic mass is 32.1. The number of amides is 1. The summed E-state index contributed by atoms with van der Waals surface area (Å²) in [6, 6.07) is 4.12. The van der Waals surface area contributed by atoms with E-state index in [1.165, 1.54) is 4.88 Å². The van der Waals surface area contributed by atoms with Crippen LogP contribution in [0.4, 0.5) is 4.79 Å². The lowest BCUT2D eigenvalue weighted by molar-refractivity contribution is 0.0155. The van der Waals surface area contributed by atoms with E-state index in [0.29, 0.717) is 19.7 Å². The van der Waals surface area contributed by atoms with Crippen molar-refractivity contribution in [2.75, 3.05) is 19.7 Å². The maximum absolute atomic E-state index is 12.2. The second kappa shape index (κ2) is 4.72. The highest BCUT2D eigenvalue weighted by Gasteiger charge is 2.54. The first-order valence-corrected chi connectivity index (χ1v) is 7.69. The molecule has 2 aliphatic rings. The fraction of sp³-hybridized carbons (Fsp3) is 0.643. The molecular formula is C14H20N2O3S. The van der Waals surface area contributed by atoms with E-state index in [0.717, 1.165) is 0 Å². The maximum atomic E-state index is 12.2. The fourth-order valence-corrected chi connectivity index (χ4v) is 3.77. The van der Waals surface area contributed by atoms with Gasteiger partial charge in [-0.2, -0.15) is 5.48 Å². The number of hydrogen-bond acceptors (Lipinski definition) is 5. The van der Waals surface area contributed by atoms with Gasteiger partial charge in [0.1, 0.15) is 11.1 Å². The minimum absolute atomic E-state index is 0.246. The zero-order chi connectivity index (χ0) is 14.4. The number of nitrogens with one attached hydrogen (secondary N) is 1. The Bertz CT molecular complexity index is 497. The maximum Gasteiger partial charge on any atom is 0.410 e. The third-order valence-electron chi connectivity index (χ3n) is 3.73. The van der Waals surface area contributed by atoms with Gasteiger partial charge in [-0.3, -0.25) is 0 Å². The quantitative estimate of drug-likeness (QED) is 0.864. The molecule has 6 heteroatoms. The largest absolute Gasteiger partial charge is 0.444 e. The summed E-state index contributed by atoms with van der Waals surface area (Å²) in [6.07, 6.45) is -0.246. The van der Waals surface area contributed by atoms with Crippen LogP contribution in [0.3, 0.4) is 0 Å². The molecule has 2 fully saturated rings. The molecule has 1 N–H and O–H groups in total. The highest BCUT2D eigenvalue weighted by Crippen LogP contribution is 2.42. The molecule has 0 unspecified atom stereocenters. The molecule has 0 aromatic carbocycles. The van der Waals surface area contributed by atoms with Crippen LogP contribution in [0.2, 0.25) is 0 Å². The van der Waals surface area contributed by atoms with Gasteiger partial charge < -0.3 is 14.5 Å². The lowest BCUT2D eigenvalue weighted by Crippen LogP contribution is -2.44. The average molecular weight is 296 g/mol. The van der Waals surface area contributed by atoms with Crippen molar-refractivity contribution in [1.29, 1.82) is 0 Å². The van der Waals surface area contributed by atoms with E-state index in [1.54, 1.807) is 16.2 Å². The van der Waals surface area contributed by atoms with Gasteiger partial charge in [-0.25, -0.2) is 4.79 Å². The molecule has 3 heterocycles. The first kappa shape index (κ1) is 13.9. The monoisotopic (exact) mass is 296 g/mol. The van der Waals surface area contributed by atoms with E-state index in [1.807, 2.05) is 26.8 Å². The predicted octanol–water partition coefficient (Wildman–Crippen LogP) is 2.35. The van der Waals surface area contributed by atoms with Crippen molar-refractivity contribution in [2.45, 2.75) is 31.9 Å². The van der Waals surface area contributed by atoms with Crippen LogP contribution in [-0.2, 0) is 15.1 Å². The molecular weight excluding hydrogens is 276 g/mol. The third-order valence-corrected chi connectivity index (χ3v) is 4.78. The van der Waals surface area contributed by atoms with Crippen LogP contribution >= 0.6 is 11.3 Å². The van der Waals surface area contributed by atoms with E-state index in [2.05, 4.69) is 16.9 Å². The van der Waals surface area contributed by atoms with E-state index < -0.39 is 5.60 Å². The van der Waals surface area contributed by atoms with Crippen LogP contribution in [0.1, 0.15) is 25.6 Å². The topological polar surface area (TPSA) is 50.8 Å². The lowest BCUT2D eigenvalue weighted by Gasteiger charge is -2.27. The van der Waals surface area contributed by atoms with Gasteiger partial charge >= 0.3 is 6.09 Å². The minimum Gasteiger partial charge on any atom is -0.444 e. The molecule has 0 aliphatic carbocycles. The number of likely N-dealkylation sites (tertiary alicyclic amines) is 1. The Balaban J connectivity index is 1.79. The summed E-state index contributed by atoms with van der Waals surface area (Å²) >= 11 is 1.69. The van der Waals surface area contributed by atoms with Crippen molar-refractivity contribution in [3.63, 3.8) is 0 Å². The van der Waals surface area contributed by atoms with Gasteiger partial charge in [-0.1, -0.05) is 6.07 Å². The molecule has 2 saturated heterocycles. The molecule has 1 aromatic rings. The molecule has 0 spiro atoms. The first-order chi connectivity index (χ1) is 9.41. The van der Waals surface area contributed by atoms with Crippen LogP contribution in [0.15, 0.2) is 17.5 Å². The Labute approximate surface area is 122 Å². The molecule has 0 radical (unpaired) electrons. The second-order valence-corrected chi connectivity index (χ2v) is 7.37. The summed E-state index contributed by atoms with van der Waals surface area (Å²) in [5.74, 6) is 0.272. The number of fused-ring (bicyclic) bond motifs is 1. The molecule has 1 aromatic heterocycles. The lowest BCUT2D eigenvalue weighted by atomic mass is 9.88. The molecule has 0 bridgehead atoms. The molecule has 0 saturated carbocycles. The smallest absolute Gasteiger partial charge is 0.410 e. The average Bonchev–Trinajstić information content (AvgIpc) is 3.01. The van der Waals surface area contributed by atoms with Gasteiger partial charge in [0.15, 0.2) is 0 Å². The van der Waals surface area contributed by atoms with Gasteiger partial charge in [-0.15, -0.1) is 11.3 Å². The third kappa shape index (κ3) is 2.32. The number of hydrogen-bond donors (Lipinski definition) is 1. The van der Waals surface area contributed by atoms with Gasteiger partial charge in [0, 0.05) is 23.9 Å². The summed E-state index contributed by atoms with van der Waals surface area (Å²) < 4.78 is 5.47. The molecule has 2 aliphatic heterocycles. The van der Waals surface area contributed by atoms with Crippen molar-refractivity contribution in [3.05, 3.63) is 22.4 Å². The minimum atomic E-state index is -0.463. The summed E-state index contributed by atoms with van der Waals surface area (Å²) in [5, 5.41) is 2.05. The van der Waals surface area contributed by atoms with E-state index in [-0.39, 0.29) is 17.6 Å². The Hall–Kier alpha value is -1.11. The Morgan fingerprint density at radius 3 is 3.05 bits per heavy atom. The number of thiophene rings is 1. The highest BCUT2D eigenvalue weighted by molar-refractivity contribution is 7.10. The molecule has 110 valence electrons. The van der Waals surface area contributed by atoms with Gasteiger partial charge in [-0.05, 0) is 32.2 Å². The van der Waals surface area contributed by atoms with Crippen molar-refractivity contribution in [2.24, 2.45) is 5.92 Å². The van der Waals surface area contributed by atoms with Crippen LogP contribution in [0, 0.1) is 5.92 Å². The van der Waals surface area contributed by atoms with Crippen LogP contribution in [0.5, 0.6) is 0 Å². The fourth-order valence-electron chi connectivity index (χ4n) is 2.83. The molecule has 1 amide bonds. The summed E-state index contributed by atoms with van der Waals surface area (Å²) in [7, 11) is 0. The van der Waals surface area contributed by atoms with Gasteiger partial charge in [0.25, 0.3) is 0 Å². The standard InChI is InChI=1S/C14H20N2O3S/c1-13(2,3)19-12(17)16-7-10-8-18-15-14(10,9-16)11-5-4-6-20-11/h4-6,10,15H,7-9H2,1-3H3/t10-,14-/m0/s1. The molecule has 20 heavy (non-hydrogen) atoms. The Morgan fingerprint density at radius 2 is 2.40 bits per heavy atom. The molecule has 3 rings (SSSR count). The number of nitrogens with zero attached hydrogens (tertiary/aromatic N) is 1. The van der Waals surface area contributed by atoms with Crippen LogP contribution in [0.25, 0.3) is 0 Å². The number of ether oxygens (including phenoxy) is 1. The van der Waals surface area contributed by atoms with E-state index in [4.69, 9.17) is 9.57 Å². The van der Waals surface area contributed by atoms with Gasteiger partial charge in [0.05, 0.1) is 6.61 Å². The SMILES string of the molecule is CC(C)(C)OC(=O)N1C[C@H]2CON[C@@]2(c2cccs2)C1.